The number of halogens is 2. The van der Waals surface area contributed by atoms with Gasteiger partial charge in [-0.25, -0.2) is 9.97 Å². The second kappa shape index (κ2) is 10.6. The molecule has 1 saturated heterocycles. The van der Waals surface area contributed by atoms with Crippen LogP contribution in [-0.2, 0) is 0 Å². The van der Waals surface area contributed by atoms with E-state index in [-0.39, 0.29) is 23.8 Å². The molecule has 5 rings (SSSR count). The minimum atomic E-state index is -0.272. The van der Waals surface area contributed by atoms with Crippen molar-refractivity contribution in [3.8, 4) is 23.3 Å². The molecule has 0 radical (unpaired) electrons. The molecule has 0 N–H and O–H groups in total. The topological polar surface area (TPSA) is 92.2 Å². The highest BCUT2D eigenvalue weighted by molar-refractivity contribution is 6.42. The average molecular weight is 533 g/mol. The van der Waals surface area contributed by atoms with Gasteiger partial charge in [0, 0.05) is 48.3 Å². The number of carbonyl (C=O) groups excluding carboxylic acids is 1. The first-order valence-corrected chi connectivity index (χ1v) is 12.4. The largest absolute Gasteiger partial charge is 0.474 e. The van der Waals surface area contributed by atoms with Crippen LogP contribution >= 0.6 is 23.2 Å². The Hall–Kier alpha value is -3.86. The molecule has 1 aliphatic rings. The summed E-state index contributed by atoms with van der Waals surface area (Å²) in [5.74, 6) is 0.933. The van der Waals surface area contributed by atoms with Crippen LogP contribution in [0.5, 0.6) is 5.88 Å². The molecule has 9 heteroatoms. The van der Waals surface area contributed by atoms with Crippen molar-refractivity contribution in [2.24, 2.45) is 5.92 Å². The Morgan fingerprint density at radius 1 is 1.11 bits per heavy atom. The molecule has 0 bridgehead atoms. The van der Waals surface area contributed by atoms with Gasteiger partial charge in [-0.3, -0.25) is 4.79 Å². The Morgan fingerprint density at radius 3 is 2.57 bits per heavy atom. The van der Waals surface area contributed by atoms with Crippen molar-refractivity contribution >= 4 is 29.1 Å². The average Bonchev–Trinajstić information content (AvgIpc) is 3.61. The number of ether oxygens (including phenoxy) is 1. The van der Waals surface area contributed by atoms with E-state index in [0.29, 0.717) is 45.9 Å². The van der Waals surface area contributed by atoms with Gasteiger partial charge in [-0.1, -0.05) is 41.4 Å². The standard InChI is InChI=1S/C28H22Cl2N4O3/c1-17(37-27-9-2-18(11-31)12-33-27)22-14-34(15-23(22)21-7-8-24(29)25(30)10-21)28(35)20-5-3-19(4-6-20)26-13-32-16-36-26/h2-10,12-13,16-17,22-23H,14-15H2,1H3/t17-,22+,23+/m0/s1. The highest BCUT2D eigenvalue weighted by Crippen LogP contribution is 2.39. The SMILES string of the molecule is C[C@H](Oc1ccc(C#N)cn1)[C@H]1CN(C(=O)c2ccc(-c3cnco3)cc2)C[C@@H]1c1ccc(Cl)c(Cl)c1. The summed E-state index contributed by atoms with van der Waals surface area (Å²) in [6.45, 7) is 2.96. The van der Waals surface area contributed by atoms with Crippen LogP contribution in [0.25, 0.3) is 11.3 Å². The predicted molar refractivity (Wildman–Crippen MR) is 140 cm³/mol. The van der Waals surface area contributed by atoms with Crippen molar-refractivity contribution in [2.75, 3.05) is 13.1 Å². The van der Waals surface area contributed by atoms with Gasteiger partial charge < -0.3 is 14.1 Å². The van der Waals surface area contributed by atoms with Crippen LogP contribution in [-0.4, -0.2) is 40.0 Å². The van der Waals surface area contributed by atoms with Gasteiger partial charge in [0.1, 0.15) is 12.2 Å². The fourth-order valence-corrected chi connectivity index (χ4v) is 4.98. The van der Waals surface area contributed by atoms with E-state index in [4.69, 9.17) is 37.6 Å². The third kappa shape index (κ3) is 5.31. The van der Waals surface area contributed by atoms with Crippen molar-refractivity contribution in [2.45, 2.75) is 18.9 Å². The van der Waals surface area contributed by atoms with Gasteiger partial charge in [0.05, 0.1) is 21.8 Å². The van der Waals surface area contributed by atoms with E-state index in [1.54, 1.807) is 36.5 Å². The Labute approximate surface area is 224 Å². The maximum atomic E-state index is 13.5. The number of hydrogen-bond acceptors (Lipinski definition) is 6. The molecule has 0 aliphatic carbocycles. The summed E-state index contributed by atoms with van der Waals surface area (Å²) in [6.07, 6.45) is 4.21. The van der Waals surface area contributed by atoms with E-state index in [1.165, 1.54) is 12.6 Å². The minimum Gasteiger partial charge on any atom is -0.474 e. The number of oxazole rings is 1. The number of carbonyl (C=O) groups is 1. The lowest BCUT2D eigenvalue weighted by molar-refractivity contribution is 0.0769. The molecule has 2 aromatic heterocycles. The van der Waals surface area contributed by atoms with Crippen molar-refractivity contribution in [1.29, 1.82) is 5.26 Å². The molecule has 1 amide bonds. The Bertz CT molecular complexity index is 1430. The van der Waals surface area contributed by atoms with Crippen molar-refractivity contribution in [1.82, 2.24) is 14.9 Å². The van der Waals surface area contributed by atoms with Crippen LogP contribution < -0.4 is 4.74 Å². The molecule has 0 saturated carbocycles. The first kappa shape index (κ1) is 24.8. The van der Waals surface area contributed by atoms with Gasteiger partial charge in [-0.2, -0.15) is 5.26 Å². The lowest BCUT2D eigenvalue weighted by atomic mass is 9.86. The molecule has 3 heterocycles. The summed E-state index contributed by atoms with van der Waals surface area (Å²) in [6, 6.07) is 18.3. The fourth-order valence-electron chi connectivity index (χ4n) is 4.68. The summed E-state index contributed by atoms with van der Waals surface area (Å²) in [5.41, 5.74) is 2.87. The molecule has 1 fully saturated rings. The lowest BCUT2D eigenvalue weighted by Crippen LogP contribution is -2.32. The Morgan fingerprint density at radius 2 is 1.92 bits per heavy atom. The molecule has 2 aromatic carbocycles. The number of pyridine rings is 1. The van der Waals surface area contributed by atoms with Crippen molar-refractivity contribution in [3.63, 3.8) is 0 Å². The molecule has 0 unspecified atom stereocenters. The summed E-state index contributed by atoms with van der Waals surface area (Å²) in [4.78, 5) is 23.5. The van der Waals surface area contributed by atoms with E-state index < -0.39 is 0 Å². The molecule has 7 nitrogen and oxygen atoms in total. The third-order valence-corrected chi connectivity index (χ3v) is 7.39. The van der Waals surface area contributed by atoms with Crippen LogP contribution in [0.15, 0.2) is 77.8 Å². The molecule has 37 heavy (non-hydrogen) atoms. The predicted octanol–water partition coefficient (Wildman–Crippen LogP) is 6.24. The number of nitrogens with zero attached hydrogens (tertiary/aromatic N) is 4. The second-order valence-electron chi connectivity index (χ2n) is 8.92. The summed E-state index contributed by atoms with van der Waals surface area (Å²) >= 11 is 12.5. The highest BCUT2D eigenvalue weighted by Gasteiger charge is 2.40. The van der Waals surface area contributed by atoms with Gasteiger partial charge in [-0.15, -0.1) is 0 Å². The fraction of sp³-hybridized carbons (Fsp3) is 0.214. The zero-order chi connectivity index (χ0) is 25.9. The zero-order valence-electron chi connectivity index (χ0n) is 19.8. The maximum Gasteiger partial charge on any atom is 0.253 e. The first-order valence-electron chi connectivity index (χ1n) is 11.7. The highest BCUT2D eigenvalue weighted by atomic mass is 35.5. The second-order valence-corrected chi connectivity index (χ2v) is 9.73. The van der Waals surface area contributed by atoms with Crippen LogP contribution in [0.1, 0.15) is 34.3 Å². The van der Waals surface area contributed by atoms with E-state index >= 15 is 0 Å². The Kier molecular flexibility index (Phi) is 7.13. The number of hydrogen-bond donors (Lipinski definition) is 0. The van der Waals surface area contributed by atoms with E-state index in [9.17, 15) is 4.79 Å². The molecule has 1 aliphatic heterocycles. The summed E-state index contributed by atoms with van der Waals surface area (Å²) in [5, 5.41) is 9.97. The third-order valence-electron chi connectivity index (χ3n) is 6.65. The number of likely N-dealkylation sites (tertiary alicyclic amines) is 1. The minimum absolute atomic E-state index is 0.0273. The number of aromatic nitrogens is 2. The van der Waals surface area contributed by atoms with Gasteiger partial charge in [-0.05, 0) is 42.8 Å². The van der Waals surface area contributed by atoms with E-state index in [1.807, 2.05) is 36.1 Å². The van der Waals surface area contributed by atoms with Gasteiger partial charge >= 0.3 is 0 Å². The molecular weight excluding hydrogens is 511 g/mol. The smallest absolute Gasteiger partial charge is 0.253 e. The zero-order valence-corrected chi connectivity index (χ0v) is 21.4. The molecule has 4 aromatic rings. The van der Waals surface area contributed by atoms with Crippen LogP contribution in [0.2, 0.25) is 10.0 Å². The normalized spacial score (nSPS) is 17.8. The first-order chi connectivity index (χ1) is 17.9. The maximum absolute atomic E-state index is 13.5. The number of rotatable bonds is 6. The summed E-state index contributed by atoms with van der Waals surface area (Å²) in [7, 11) is 0. The van der Waals surface area contributed by atoms with Crippen LogP contribution in [0.3, 0.4) is 0 Å². The Balaban J connectivity index is 1.39. The van der Waals surface area contributed by atoms with E-state index in [0.717, 1.165) is 11.1 Å². The van der Waals surface area contributed by atoms with Crippen LogP contribution in [0, 0.1) is 17.2 Å². The summed E-state index contributed by atoms with van der Waals surface area (Å²) < 4.78 is 11.5. The van der Waals surface area contributed by atoms with Crippen molar-refractivity contribution in [3.05, 3.63) is 100 Å². The molecular formula is C28H22Cl2N4O3. The quantitative estimate of drug-likeness (QED) is 0.292. The van der Waals surface area contributed by atoms with Gasteiger partial charge in [0.15, 0.2) is 12.2 Å². The van der Waals surface area contributed by atoms with Crippen LogP contribution in [0.4, 0.5) is 0 Å². The number of nitriles is 1. The molecule has 186 valence electrons. The number of amides is 1. The van der Waals surface area contributed by atoms with Gasteiger partial charge in [0.2, 0.25) is 5.88 Å². The lowest BCUT2D eigenvalue weighted by Gasteiger charge is -2.25. The molecule has 3 atom stereocenters. The van der Waals surface area contributed by atoms with Gasteiger partial charge in [0.25, 0.3) is 5.91 Å². The number of benzene rings is 2. The van der Waals surface area contributed by atoms with E-state index in [2.05, 4.69) is 16.0 Å². The molecule has 0 spiro atoms. The van der Waals surface area contributed by atoms with Crippen molar-refractivity contribution < 1.29 is 13.9 Å². The monoisotopic (exact) mass is 532 g/mol.